The normalized spacial score (nSPS) is 17.9. The van der Waals surface area contributed by atoms with E-state index in [2.05, 4.69) is 10.1 Å². The summed E-state index contributed by atoms with van der Waals surface area (Å²) < 4.78 is 32.7. The number of aromatic nitrogens is 3. The van der Waals surface area contributed by atoms with Crippen molar-refractivity contribution in [2.45, 2.75) is 19.1 Å². The lowest BCUT2D eigenvalue weighted by Crippen LogP contribution is -2.45. The third-order valence-corrected chi connectivity index (χ3v) is 5.01. The Kier molecular flexibility index (Phi) is 5.25. The van der Waals surface area contributed by atoms with Gasteiger partial charge in [-0.05, 0) is 23.3 Å². The smallest absolute Gasteiger partial charge is 0.267 e. The molecule has 1 amide bonds. The highest BCUT2D eigenvalue weighted by atomic mass is 19.3. The second kappa shape index (κ2) is 7.84. The molecule has 152 valence electrons. The SMILES string of the molecule is Cn1cc(-c2cc(C(N)=O)nc3cc(CN4CCOC(C(F)F)C4)ccc23)cn1. The van der Waals surface area contributed by atoms with Gasteiger partial charge < -0.3 is 10.5 Å². The number of halogens is 2. The van der Waals surface area contributed by atoms with Gasteiger partial charge in [0.25, 0.3) is 12.3 Å². The van der Waals surface area contributed by atoms with Gasteiger partial charge in [0.05, 0.1) is 18.3 Å². The molecule has 1 aromatic carbocycles. The van der Waals surface area contributed by atoms with Gasteiger partial charge in [0.15, 0.2) is 0 Å². The highest BCUT2D eigenvalue weighted by Crippen LogP contribution is 2.29. The van der Waals surface area contributed by atoms with Crippen molar-refractivity contribution in [1.29, 1.82) is 0 Å². The highest BCUT2D eigenvalue weighted by Gasteiger charge is 2.28. The summed E-state index contributed by atoms with van der Waals surface area (Å²) in [7, 11) is 1.81. The number of carbonyl (C=O) groups excluding carboxylic acids is 1. The molecule has 3 aromatic rings. The third-order valence-electron chi connectivity index (χ3n) is 5.01. The van der Waals surface area contributed by atoms with E-state index in [9.17, 15) is 13.6 Å². The Balaban J connectivity index is 1.69. The maximum Gasteiger partial charge on any atom is 0.267 e. The zero-order valence-electron chi connectivity index (χ0n) is 15.9. The Morgan fingerprint density at radius 1 is 1.38 bits per heavy atom. The van der Waals surface area contributed by atoms with E-state index in [-0.39, 0.29) is 18.8 Å². The molecular formula is C20H21F2N5O2. The number of nitrogens with zero attached hydrogens (tertiary/aromatic N) is 4. The number of carbonyl (C=O) groups is 1. The van der Waals surface area contributed by atoms with Gasteiger partial charge in [-0.15, -0.1) is 0 Å². The number of pyridine rings is 1. The molecule has 1 saturated heterocycles. The van der Waals surface area contributed by atoms with Crippen molar-refractivity contribution in [3.63, 3.8) is 0 Å². The van der Waals surface area contributed by atoms with Gasteiger partial charge in [0.1, 0.15) is 11.8 Å². The fourth-order valence-electron chi connectivity index (χ4n) is 3.58. The number of morpholine rings is 1. The first-order valence-electron chi connectivity index (χ1n) is 9.25. The molecule has 2 N–H and O–H groups in total. The number of hydrogen-bond donors (Lipinski definition) is 1. The number of aryl methyl sites for hydroxylation is 1. The maximum atomic E-state index is 13.0. The lowest BCUT2D eigenvalue weighted by molar-refractivity contribution is -0.104. The van der Waals surface area contributed by atoms with Crippen LogP contribution in [-0.2, 0) is 18.3 Å². The van der Waals surface area contributed by atoms with Crippen molar-refractivity contribution < 1.29 is 18.3 Å². The van der Waals surface area contributed by atoms with Crippen LogP contribution in [0.5, 0.6) is 0 Å². The largest absolute Gasteiger partial charge is 0.370 e. The molecule has 1 aliphatic heterocycles. The number of nitrogens with two attached hydrogens (primary N) is 1. The molecule has 9 heteroatoms. The lowest BCUT2D eigenvalue weighted by atomic mass is 10.0. The predicted octanol–water partition coefficient (Wildman–Crippen LogP) is 2.20. The van der Waals surface area contributed by atoms with Gasteiger partial charge in [-0.2, -0.15) is 5.10 Å². The van der Waals surface area contributed by atoms with E-state index in [0.29, 0.717) is 18.6 Å². The lowest BCUT2D eigenvalue weighted by Gasteiger charge is -2.32. The minimum atomic E-state index is -2.50. The van der Waals surface area contributed by atoms with E-state index in [4.69, 9.17) is 10.5 Å². The molecule has 0 saturated carbocycles. The van der Waals surface area contributed by atoms with Gasteiger partial charge in [-0.25, -0.2) is 13.8 Å². The van der Waals surface area contributed by atoms with Crippen molar-refractivity contribution in [3.8, 4) is 11.1 Å². The number of alkyl halides is 2. The van der Waals surface area contributed by atoms with Crippen LogP contribution in [0.4, 0.5) is 8.78 Å². The molecule has 2 aromatic heterocycles. The Labute approximate surface area is 166 Å². The van der Waals surface area contributed by atoms with Crippen molar-refractivity contribution in [3.05, 3.63) is 47.9 Å². The maximum absolute atomic E-state index is 13.0. The van der Waals surface area contributed by atoms with Crippen LogP contribution in [0.2, 0.25) is 0 Å². The molecule has 1 atom stereocenters. The average molecular weight is 401 g/mol. The summed E-state index contributed by atoms with van der Waals surface area (Å²) in [6, 6.07) is 7.40. The van der Waals surface area contributed by atoms with Crippen LogP contribution in [0.15, 0.2) is 36.7 Å². The number of rotatable bonds is 5. The zero-order valence-corrected chi connectivity index (χ0v) is 15.9. The Morgan fingerprint density at radius 2 is 2.21 bits per heavy atom. The second-order valence-corrected chi connectivity index (χ2v) is 7.15. The summed E-state index contributed by atoms with van der Waals surface area (Å²) in [5.41, 5.74) is 8.84. The predicted molar refractivity (Wildman–Crippen MR) is 103 cm³/mol. The number of amides is 1. The summed E-state index contributed by atoms with van der Waals surface area (Å²) in [4.78, 5) is 18.1. The van der Waals surface area contributed by atoms with Crippen LogP contribution < -0.4 is 5.73 Å². The monoisotopic (exact) mass is 401 g/mol. The van der Waals surface area contributed by atoms with Crippen LogP contribution in [0.1, 0.15) is 16.1 Å². The zero-order chi connectivity index (χ0) is 20.5. The molecule has 0 bridgehead atoms. The summed E-state index contributed by atoms with van der Waals surface area (Å²) >= 11 is 0. The van der Waals surface area contributed by atoms with Gasteiger partial charge >= 0.3 is 0 Å². The van der Waals surface area contributed by atoms with Gasteiger partial charge in [0, 0.05) is 43.8 Å². The topological polar surface area (TPSA) is 86.3 Å². The van der Waals surface area contributed by atoms with E-state index < -0.39 is 18.4 Å². The average Bonchev–Trinajstić information content (AvgIpc) is 3.13. The van der Waals surface area contributed by atoms with E-state index in [1.54, 1.807) is 16.9 Å². The van der Waals surface area contributed by atoms with Gasteiger partial charge in [0.2, 0.25) is 0 Å². The van der Waals surface area contributed by atoms with Crippen LogP contribution in [-0.4, -0.2) is 57.8 Å². The van der Waals surface area contributed by atoms with Crippen LogP contribution >= 0.6 is 0 Å². The van der Waals surface area contributed by atoms with Crippen LogP contribution in [0.25, 0.3) is 22.0 Å². The first-order chi connectivity index (χ1) is 13.9. The Bertz CT molecular complexity index is 1050. The number of primary amides is 1. The number of hydrogen-bond acceptors (Lipinski definition) is 5. The Morgan fingerprint density at radius 3 is 2.90 bits per heavy atom. The molecule has 0 spiro atoms. The number of benzene rings is 1. The Hall–Kier alpha value is -2.91. The molecule has 29 heavy (non-hydrogen) atoms. The molecular weight excluding hydrogens is 380 g/mol. The highest BCUT2D eigenvalue weighted by molar-refractivity contribution is 6.00. The van der Waals surface area contributed by atoms with E-state index in [1.807, 2.05) is 36.3 Å². The quantitative estimate of drug-likeness (QED) is 0.708. The molecule has 4 rings (SSSR count). The van der Waals surface area contributed by atoms with Crippen molar-refractivity contribution in [2.75, 3.05) is 19.7 Å². The van der Waals surface area contributed by atoms with Gasteiger partial charge in [-0.3, -0.25) is 14.4 Å². The summed E-state index contributed by atoms with van der Waals surface area (Å²) in [6.45, 7) is 1.52. The molecule has 0 aliphatic carbocycles. The summed E-state index contributed by atoms with van der Waals surface area (Å²) in [6.07, 6.45) is -0.00522. The standard InChI is InChI=1S/C20H21F2N5O2/c1-26-10-13(8-24-26)15-7-17(20(23)28)25-16-6-12(2-3-14(15)16)9-27-4-5-29-18(11-27)19(21)22/h2-3,6-8,10,18-19H,4-5,9,11H2,1H3,(H2,23,28). The fraction of sp³-hybridized carbons (Fsp3) is 0.350. The molecule has 1 unspecified atom stereocenters. The van der Waals surface area contributed by atoms with Crippen molar-refractivity contribution in [2.24, 2.45) is 12.8 Å². The minimum absolute atomic E-state index is 0.164. The van der Waals surface area contributed by atoms with Crippen molar-refractivity contribution in [1.82, 2.24) is 19.7 Å². The fourth-order valence-corrected chi connectivity index (χ4v) is 3.58. The molecule has 1 fully saturated rings. The second-order valence-electron chi connectivity index (χ2n) is 7.15. The molecule has 0 radical (unpaired) electrons. The van der Waals surface area contributed by atoms with E-state index >= 15 is 0 Å². The minimum Gasteiger partial charge on any atom is -0.370 e. The van der Waals surface area contributed by atoms with E-state index in [0.717, 1.165) is 22.1 Å². The van der Waals surface area contributed by atoms with Crippen molar-refractivity contribution >= 4 is 16.8 Å². The number of fused-ring (bicyclic) bond motifs is 1. The van der Waals surface area contributed by atoms with Gasteiger partial charge in [-0.1, -0.05) is 12.1 Å². The molecule has 7 nitrogen and oxygen atoms in total. The van der Waals surface area contributed by atoms with E-state index in [1.165, 1.54) is 0 Å². The van der Waals surface area contributed by atoms with Crippen LogP contribution in [0, 0.1) is 0 Å². The number of ether oxygens (including phenoxy) is 1. The third kappa shape index (κ3) is 4.10. The van der Waals surface area contributed by atoms with Crippen LogP contribution in [0.3, 0.4) is 0 Å². The first kappa shape index (κ1) is 19.4. The molecule has 3 heterocycles. The first-order valence-corrected chi connectivity index (χ1v) is 9.25. The molecule has 1 aliphatic rings. The summed E-state index contributed by atoms with van der Waals surface area (Å²) in [5, 5.41) is 5.05. The summed E-state index contributed by atoms with van der Waals surface area (Å²) in [5.74, 6) is -0.615.